The molecule has 5 heteroatoms. The molecule has 3 rings (SSSR count). The molecule has 0 amide bonds. The number of carbonyl (C=O) groups is 1. The molecule has 1 atom stereocenters. The van der Waals surface area contributed by atoms with E-state index in [0.29, 0.717) is 0 Å². The van der Waals surface area contributed by atoms with Crippen molar-refractivity contribution in [2.75, 3.05) is 27.4 Å². The van der Waals surface area contributed by atoms with Crippen molar-refractivity contribution in [2.45, 2.75) is 18.9 Å². The first-order valence-electron chi connectivity index (χ1n) is 10.6. The second-order valence-electron chi connectivity index (χ2n) is 7.77. The van der Waals surface area contributed by atoms with Crippen molar-refractivity contribution in [1.82, 2.24) is 0 Å². The van der Waals surface area contributed by atoms with Crippen LogP contribution in [0.15, 0.2) is 78.9 Å². The van der Waals surface area contributed by atoms with Gasteiger partial charge in [0.25, 0.3) is 0 Å². The van der Waals surface area contributed by atoms with Gasteiger partial charge in [0, 0.05) is 18.9 Å². The summed E-state index contributed by atoms with van der Waals surface area (Å²) in [5, 5.41) is 9.85. The highest BCUT2D eigenvalue weighted by Crippen LogP contribution is 2.42. The molecule has 1 unspecified atom stereocenters. The summed E-state index contributed by atoms with van der Waals surface area (Å²) in [5.41, 5.74) is 1.81. The van der Waals surface area contributed by atoms with E-state index in [1.54, 1.807) is 14.2 Å². The normalized spacial score (nSPS) is 12.2. The van der Waals surface area contributed by atoms with Crippen LogP contribution in [0.1, 0.15) is 30.0 Å². The van der Waals surface area contributed by atoms with Crippen LogP contribution in [0.4, 0.5) is 0 Å². The molecular formula is C27H30O5. The Labute approximate surface area is 189 Å². The van der Waals surface area contributed by atoms with E-state index in [0.717, 1.165) is 28.2 Å². The maximum atomic E-state index is 11.7. The third kappa shape index (κ3) is 5.18. The quantitative estimate of drug-likeness (QED) is 0.447. The molecule has 0 aliphatic carbocycles. The van der Waals surface area contributed by atoms with E-state index < -0.39 is 5.60 Å². The minimum atomic E-state index is -0.954. The van der Waals surface area contributed by atoms with Crippen molar-refractivity contribution < 1.29 is 24.1 Å². The van der Waals surface area contributed by atoms with Gasteiger partial charge in [0.1, 0.15) is 22.9 Å². The largest absolute Gasteiger partial charge is 0.497 e. The zero-order chi connectivity index (χ0) is 23.0. The van der Waals surface area contributed by atoms with Crippen molar-refractivity contribution in [2.24, 2.45) is 5.92 Å². The van der Waals surface area contributed by atoms with Gasteiger partial charge in [-0.25, -0.2) is 0 Å². The van der Waals surface area contributed by atoms with E-state index in [2.05, 4.69) is 0 Å². The second kappa shape index (κ2) is 10.9. The molecule has 0 spiro atoms. The van der Waals surface area contributed by atoms with Crippen molar-refractivity contribution in [3.63, 3.8) is 0 Å². The van der Waals surface area contributed by atoms with Gasteiger partial charge in [-0.15, -0.1) is 0 Å². The van der Waals surface area contributed by atoms with Crippen LogP contribution in [0.25, 0.3) is 0 Å². The predicted octanol–water partition coefficient (Wildman–Crippen LogP) is 4.60. The standard InChI is InChI=1S/C27H30O5/c1-20(29)17-21(18-28)19-32-27(22-7-5-4-6-8-22,23-9-13-25(30-2)14-10-23)24-11-15-26(31-3)16-12-24/h4-16,21,28H,17-19H2,1-3H3. The fraction of sp³-hybridized carbons (Fsp3) is 0.296. The Morgan fingerprint density at radius 2 is 1.28 bits per heavy atom. The lowest BCUT2D eigenvalue weighted by molar-refractivity contribution is -0.119. The Morgan fingerprint density at radius 3 is 1.69 bits per heavy atom. The van der Waals surface area contributed by atoms with Gasteiger partial charge in [-0.1, -0.05) is 54.6 Å². The van der Waals surface area contributed by atoms with E-state index in [-0.39, 0.29) is 31.3 Å². The third-order valence-electron chi connectivity index (χ3n) is 5.54. The molecule has 3 aromatic rings. The zero-order valence-electron chi connectivity index (χ0n) is 18.8. The van der Waals surface area contributed by atoms with Crippen LogP contribution in [0, 0.1) is 5.92 Å². The molecule has 0 heterocycles. The molecule has 0 aromatic heterocycles. The van der Waals surface area contributed by atoms with Gasteiger partial charge in [-0.3, -0.25) is 0 Å². The summed E-state index contributed by atoms with van der Waals surface area (Å²) >= 11 is 0. The molecule has 0 radical (unpaired) electrons. The molecule has 0 aliphatic rings. The first kappa shape index (κ1) is 23.5. The van der Waals surface area contributed by atoms with E-state index in [1.807, 2.05) is 78.9 Å². The molecule has 0 bridgehead atoms. The molecule has 0 saturated carbocycles. The first-order valence-corrected chi connectivity index (χ1v) is 10.6. The van der Waals surface area contributed by atoms with Crippen LogP contribution < -0.4 is 9.47 Å². The summed E-state index contributed by atoms with van der Waals surface area (Å²) < 4.78 is 17.4. The molecule has 168 valence electrons. The summed E-state index contributed by atoms with van der Waals surface area (Å²) in [4.78, 5) is 11.7. The van der Waals surface area contributed by atoms with Crippen molar-refractivity contribution in [3.05, 3.63) is 95.6 Å². The molecule has 0 fully saturated rings. The Balaban J connectivity index is 2.17. The van der Waals surface area contributed by atoms with Gasteiger partial charge < -0.3 is 24.1 Å². The monoisotopic (exact) mass is 434 g/mol. The van der Waals surface area contributed by atoms with Crippen LogP contribution >= 0.6 is 0 Å². The number of ether oxygens (including phenoxy) is 3. The SMILES string of the molecule is COc1ccc(C(OCC(CO)CC(C)=O)(c2ccccc2)c2ccc(OC)cc2)cc1. The first-order chi connectivity index (χ1) is 15.5. The lowest BCUT2D eigenvalue weighted by Crippen LogP contribution is -2.35. The number of aliphatic hydroxyl groups is 1. The summed E-state index contributed by atoms with van der Waals surface area (Å²) in [6.45, 7) is 1.61. The average Bonchev–Trinajstić information content (AvgIpc) is 2.84. The highest BCUT2D eigenvalue weighted by Gasteiger charge is 2.38. The van der Waals surface area contributed by atoms with Crippen molar-refractivity contribution >= 4 is 5.78 Å². The van der Waals surface area contributed by atoms with E-state index >= 15 is 0 Å². The summed E-state index contributed by atoms with van der Waals surface area (Å²) in [6, 6.07) is 25.5. The Bertz CT molecular complexity index is 933. The number of hydrogen-bond donors (Lipinski definition) is 1. The Morgan fingerprint density at radius 1 is 0.812 bits per heavy atom. The Hall–Kier alpha value is -3.15. The maximum Gasteiger partial charge on any atom is 0.143 e. The van der Waals surface area contributed by atoms with E-state index in [9.17, 15) is 9.90 Å². The van der Waals surface area contributed by atoms with E-state index in [1.165, 1.54) is 6.92 Å². The molecule has 32 heavy (non-hydrogen) atoms. The van der Waals surface area contributed by atoms with Crippen LogP contribution in [-0.2, 0) is 15.1 Å². The third-order valence-corrected chi connectivity index (χ3v) is 5.54. The van der Waals surface area contributed by atoms with Gasteiger partial charge >= 0.3 is 0 Å². The van der Waals surface area contributed by atoms with Gasteiger partial charge in [0.15, 0.2) is 0 Å². The zero-order valence-corrected chi connectivity index (χ0v) is 18.8. The number of hydrogen-bond acceptors (Lipinski definition) is 5. The lowest BCUT2D eigenvalue weighted by Gasteiger charge is -2.37. The van der Waals surface area contributed by atoms with Crippen LogP contribution in [0.2, 0.25) is 0 Å². The number of rotatable bonds is 11. The van der Waals surface area contributed by atoms with Gasteiger partial charge in [0.05, 0.1) is 20.8 Å². The minimum absolute atomic E-state index is 0.0202. The van der Waals surface area contributed by atoms with Crippen LogP contribution in [-0.4, -0.2) is 38.3 Å². The van der Waals surface area contributed by atoms with Crippen molar-refractivity contribution in [1.29, 1.82) is 0 Å². The van der Waals surface area contributed by atoms with Crippen molar-refractivity contribution in [3.8, 4) is 11.5 Å². The maximum absolute atomic E-state index is 11.7. The summed E-state index contributed by atoms with van der Waals surface area (Å²) in [7, 11) is 3.26. The highest BCUT2D eigenvalue weighted by molar-refractivity contribution is 5.75. The molecule has 1 N–H and O–H groups in total. The number of aliphatic hydroxyl groups excluding tert-OH is 1. The second-order valence-corrected chi connectivity index (χ2v) is 7.77. The predicted molar refractivity (Wildman–Crippen MR) is 124 cm³/mol. The number of ketones is 1. The molecule has 5 nitrogen and oxygen atoms in total. The minimum Gasteiger partial charge on any atom is -0.497 e. The smallest absolute Gasteiger partial charge is 0.143 e. The molecule has 0 aliphatic heterocycles. The van der Waals surface area contributed by atoms with Crippen LogP contribution in [0.5, 0.6) is 11.5 Å². The topological polar surface area (TPSA) is 65.0 Å². The number of benzene rings is 3. The van der Waals surface area contributed by atoms with Crippen LogP contribution in [0.3, 0.4) is 0 Å². The molecular weight excluding hydrogens is 404 g/mol. The van der Waals surface area contributed by atoms with E-state index in [4.69, 9.17) is 14.2 Å². The van der Waals surface area contributed by atoms with Gasteiger partial charge in [-0.2, -0.15) is 0 Å². The average molecular weight is 435 g/mol. The Kier molecular flexibility index (Phi) is 8.03. The molecule has 0 saturated heterocycles. The fourth-order valence-corrected chi connectivity index (χ4v) is 3.90. The highest BCUT2D eigenvalue weighted by atomic mass is 16.5. The molecule has 3 aromatic carbocycles. The number of Topliss-reactive ketones (excluding diaryl/α,β-unsaturated/α-hetero) is 1. The fourth-order valence-electron chi connectivity index (χ4n) is 3.90. The summed E-state index contributed by atoms with van der Waals surface area (Å²) in [6.07, 6.45) is 0.257. The lowest BCUT2D eigenvalue weighted by atomic mass is 9.80. The summed E-state index contributed by atoms with van der Waals surface area (Å²) in [5.74, 6) is 1.21. The number of carbonyl (C=O) groups excluding carboxylic acids is 1. The van der Waals surface area contributed by atoms with Gasteiger partial charge in [-0.05, 0) is 47.9 Å². The number of methoxy groups -OCH3 is 2. The van der Waals surface area contributed by atoms with Gasteiger partial charge in [0.2, 0.25) is 0 Å².